The van der Waals surface area contributed by atoms with Crippen LogP contribution in [0.1, 0.15) is 53.4 Å². The number of anilines is 1. The van der Waals surface area contributed by atoms with Gasteiger partial charge >= 0.3 is 0 Å². The summed E-state index contributed by atoms with van der Waals surface area (Å²) in [5.41, 5.74) is 4.18. The molecule has 4 aromatic rings. The van der Waals surface area contributed by atoms with Gasteiger partial charge in [0.2, 0.25) is 0 Å². The van der Waals surface area contributed by atoms with Gasteiger partial charge in [0, 0.05) is 16.6 Å². The quantitative estimate of drug-likeness (QED) is 0.281. The maximum absolute atomic E-state index is 15.6. The van der Waals surface area contributed by atoms with Crippen molar-refractivity contribution < 1.29 is 13.9 Å². The highest BCUT2D eigenvalue weighted by Crippen LogP contribution is 2.54. The Hall–Kier alpha value is -3.93. The molecule has 2 aliphatic rings. The van der Waals surface area contributed by atoms with Crippen molar-refractivity contribution in [1.29, 1.82) is 5.26 Å². The van der Waals surface area contributed by atoms with Crippen LogP contribution >= 0.6 is 23.2 Å². The minimum atomic E-state index is -0.674. The lowest BCUT2D eigenvalue weighted by Crippen LogP contribution is -2.34. The van der Waals surface area contributed by atoms with Crippen LogP contribution in [0.25, 0.3) is 22.5 Å². The second-order valence-corrected chi connectivity index (χ2v) is 10.3. The van der Waals surface area contributed by atoms with E-state index >= 15 is 4.39 Å². The number of hydrogen-bond donors (Lipinski definition) is 0. The van der Waals surface area contributed by atoms with Crippen molar-refractivity contribution in [2.75, 3.05) is 12.0 Å². The summed E-state index contributed by atoms with van der Waals surface area (Å²) in [6.45, 7) is 3.97. The van der Waals surface area contributed by atoms with Crippen LogP contribution in [0.5, 0.6) is 5.75 Å². The fraction of sp³-hybridized carbons (Fsp3) is 0.214. The number of rotatable bonds is 4. The van der Waals surface area contributed by atoms with Crippen molar-refractivity contribution >= 4 is 34.8 Å². The predicted octanol–water partition coefficient (Wildman–Crippen LogP) is 6.78. The highest BCUT2D eigenvalue weighted by molar-refractivity contribution is 6.32. The fourth-order valence-corrected chi connectivity index (χ4v) is 5.77. The van der Waals surface area contributed by atoms with Crippen LogP contribution in [0, 0.1) is 17.1 Å². The minimum absolute atomic E-state index is 0.0794. The Labute approximate surface area is 228 Å². The molecule has 1 unspecified atom stereocenters. The van der Waals surface area contributed by atoms with E-state index in [4.69, 9.17) is 32.9 Å². The van der Waals surface area contributed by atoms with E-state index in [-0.39, 0.29) is 28.9 Å². The Morgan fingerprint density at radius 1 is 1.16 bits per heavy atom. The summed E-state index contributed by atoms with van der Waals surface area (Å²) in [6.07, 6.45) is 1.66. The Balaban J connectivity index is 1.66. The first-order valence-electron chi connectivity index (χ1n) is 11.9. The van der Waals surface area contributed by atoms with E-state index in [2.05, 4.69) is 11.1 Å². The summed E-state index contributed by atoms with van der Waals surface area (Å²) in [5, 5.41) is 9.62. The van der Waals surface area contributed by atoms with Gasteiger partial charge in [-0.25, -0.2) is 9.37 Å². The zero-order valence-electron chi connectivity index (χ0n) is 20.6. The lowest BCUT2D eigenvalue weighted by Gasteiger charge is -2.35. The second-order valence-electron chi connectivity index (χ2n) is 9.41. The highest BCUT2D eigenvalue weighted by Gasteiger charge is 2.49. The first kappa shape index (κ1) is 24.4. The Bertz CT molecular complexity index is 1710. The molecule has 2 aromatic carbocycles. The molecular formula is C28H20Cl2FN5O2. The Morgan fingerprint density at radius 3 is 2.66 bits per heavy atom. The van der Waals surface area contributed by atoms with Crippen molar-refractivity contribution in [2.45, 2.75) is 32.4 Å². The maximum atomic E-state index is 15.6. The van der Waals surface area contributed by atoms with Crippen molar-refractivity contribution in [2.24, 2.45) is 0 Å². The number of methoxy groups -OCH3 is 1. The molecule has 2 aliphatic heterocycles. The number of pyridine rings is 1. The number of hydrogen-bond acceptors (Lipinski definition) is 5. The van der Waals surface area contributed by atoms with E-state index in [1.54, 1.807) is 30.5 Å². The van der Waals surface area contributed by atoms with E-state index in [0.29, 0.717) is 39.1 Å². The smallest absolute Gasteiger partial charge is 0.279 e. The molecule has 1 atom stereocenters. The number of halogens is 3. The monoisotopic (exact) mass is 547 g/mol. The van der Waals surface area contributed by atoms with Crippen LogP contribution < -0.4 is 9.64 Å². The highest BCUT2D eigenvalue weighted by atomic mass is 35.5. The molecule has 1 amide bonds. The van der Waals surface area contributed by atoms with Gasteiger partial charge in [0.15, 0.2) is 11.5 Å². The molecule has 6 rings (SSSR count). The van der Waals surface area contributed by atoms with Gasteiger partial charge in [-0.15, -0.1) is 0 Å². The number of amides is 1. The second kappa shape index (κ2) is 8.83. The molecule has 38 heavy (non-hydrogen) atoms. The molecule has 0 aliphatic carbocycles. The summed E-state index contributed by atoms with van der Waals surface area (Å²) in [5.74, 6) is -0.143. The van der Waals surface area contributed by atoms with Crippen LogP contribution in [-0.4, -0.2) is 27.6 Å². The molecule has 0 fully saturated rings. The lowest BCUT2D eigenvalue weighted by atomic mass is 9.88. The molecule has 0 bridgehead atoms. The van der Waals surface area contributed by atoms with Gasteiger partial charge in [-0.05, 0) is 49.2 Å². The largest absolute Gasteiger partial charge is 0.494 e. The number of imidazole rings is 1. The number of carbonyl (C=O) groups excluding carboxylic acids is 1. The van der Waals surface area contributed by atoms with Crippen LogP contribution in [0.15, 0.2) is 42.6 Å². The van der Waals surface area contributed by atoms with E-state index in [1.165, 1.54) is 18.1 Å². The molecule has 2 aromatic heterocycles. The molecule has 0 saturated carbocycles. The number of fused-ring (bicyclic) bond motifs is 8. The van der Waals surface area contributed by atoms with Crippen LogP contribution in [-0.2, 0) is 6.42 Å². The van der Waals surface area contributed by atoms with Crippen LogP contribution in [0.4, 0.5) is 10.1 Å². The standard InChI is InChI=1S/C28H20Cl2FN5O2/c1-13(2)35-26-23(34-27(35)19-11-15(8-9-32)33-12-21(19)38-3)28(37)36-24-16(6-7-20(30)22(24)31)18-10-14(29)4-5-17(18)25(26)36/h4-7,10-13,25H,8H2,1-3H3. The zero-order chi connectivity index (χ0) is 26.9. The molecule has 0 spiro atoms. The number of benzene rings is 2. The number of aromatic nitrogens is 3. The Morgan fingerprint density at radius 2 is 1.95 bits per heavy atom. The lowest BCUT2D eigenvalue weighted by molar-refractivity contribution is 0.0988. The third kappa shape index (κ3) is 3.35. The number of ether oxygens (including phenoxy) is 1. The summed E-state index contributed by atoms with van der Waals surface area (Å²) < 4.78 is 23.1. The molecule has 7 nitrogen and oxygen atoms in total. The molecule has 190 valence electrons. The van der Waals surface area contributed by atoms with Crippen LogP contribution in [0.3, 0.4) is 0 Å². The zero-order valence-corrected chi connectivity index (χ0v) is 22.1. The van der Waals surface area contributed by atoms with E-state index in [1.807, 2.05) is 24.5 Å². The van der Waals surface area contributed by atoms with Gasteiger partial charge in [0.1, 0.15) is 17.6 Å². The first-order chi connectivity index (χ1) is 18.3. The molecule has 0 N–H and O–H groups in total. The predicted molar refractivity (Wildman–Crippen MR) is 142 cm³/mol. The van der Waals surface area contributed by atoms with Crippen LogP contribution in [0.2, 0.25) is 10.0 Å². The van der Waals surface area contributed by atoms with Gasteiger partial charge in [-0.2, -0.15) is 5.26 Å². The minimum Gasteiger partial charge on any atom is -0.494 e. The number of nitrogens with zero attached hydrogens (tertiary/aromatic N) is 5. The van der Waals surface area contributed by atoms with E-state index in [0.717, 1.165) is 11.1 Å². The average Bonchev–Trinajstić information content (AvgIpc) is 3.42. The molecule has 0 radical (unpaired) electrons. The molecule has 10 heteroatoms. The van der Waals surface area contributed by atoms with Crippen molar-refractivity contribution in [1.82, 2.24) is 14.5 Å². The summed E-state index contributed by atoms with van der Waals surface area (Å²) in [4.78, 5) is 24.6. The SMILES string of the molecule is COc1cnc(CC#N)cc1-c1nc2c(n1C(C)C)C1c3ccc(Cl)cc3-c3ccc(Cl)c(F)c3N1C2=O. The Kier molecular flexibility index (Phi) is 5.67. The van der Waals surface area contributed by atoms with Gasteiger partial charge < -0.3 is 9.30 Å². The number of nitriles is 1. The topological polar surface area (TPSA) is 84.0 Å². The van der Waals surface area contributed by atoms with E-state index in [9.17, 15) is 10.1 Å². The maximum Gasteiger partial charge on any atom is 0.279 e. The van der Waals surface area contributed by atoms with Crippen molar-refractivity contribution in [3.8, 4) is 34.3 Å². The average molecular weight is 548 g/mol. The van der Waals surface area contributed by atoms with Gasteiger partial charge in [0.05, 0.1) is 53.5 Å². The summed E-state index contributed by atoms with van der Waals surface area (Å²) >= 11 is 12.6. The fourth-order valence-electron chi connectivity index (χ4n) is 5.44. The molecule has 0 saturated heterocycles. The first-order valence-corrected chi connectivity index (χ1v) is 12.7. The molecule has 4 heterocycles. The van der Waals surface area contributed by atoms with E-state index < -0.39 is 17.8 Å². The third-order valence-corrected chi connectivity index (χ3v) is 7.49. The van der Waals surface area contributed by atoms with Crippen molar-refractivity contribution in [3.05, 3.63) is 81.1 Å². The van der Waals surface area contributed by atoms with Gasteiger partial charge in [-0.3, -0.25) is 14.7 Å². The number of carbonyl (C=O) groups is 1. The summed E-state index contributed by atoms with van der Waals surface area (Å²) in [7, 11) is 1.53. The third-order valence-electron chi connectivity index (χ3n) is 6.96. The van der Waals surface area contributed by atoms with Gasteiger partial charge in [-0.1, -0.05) is 35.3 Å². The van der Waals surface area contributed by atoms with Gasteiger partial charge in [0.25, 0.3) is 5.91 Å². The molecular weight excluding hydrogens is 528 g/mol. The van der Waals surface area contributed by atoms with Crippen molar-refractivity contribution in [3.63, 3.8) is 0 Å². The summed E-state index contributed by atoms with van der Waals surface area (Å²) in [6, 6.07) is 11.7. The normalized spacial score (nSPS) is 15.2.